The molecule has 0 aliphatic carbocycles. The highest BCUT2D eigenvalue weighted by Crippen LogP contribution is 2.17. The minimum Gasteiger partial charge on any atom is -0.394 e. The Balaban J connectivity index is 2.03. The molecule has 0 saturated carbocycles. The third-order valence-electron chi connectivity index (χ3n) is 3.71. The molecule has 0 radical (unpaired) electrons. The van der Waals surface area contributed by atoms with Crippen molar-refractivity contribution in [2.24, 2.45) is 11.7 Å². The van der Waals surface area contributed by atoms with Crippen LogP contribution < -0.4 is 5.73 Å². The highest BCUT2D eigenvalue weighted by atomic mass is 16.3. The smallest absolute Gasteiger partial charge is 0.0608 e. The van der Waals surface area contributed by atoms with Crippen molar-refractivity contribution < 1.29 is 5.11 Å². The van der Waals surface area contributed by atoms with E-state index >= 15 is 0 Å². The van der Waals surface area contributed by atoms with Crippen LogP contribution >= 0.6 is 0 Å². The second-order valence-electron chi connectivity index (χ2n) is 5.79. The van der Waals surface area contributed by atoms with Gasteiger partial charge in [0.05, 0.1) is 6.61 Å². The standard InChI is InChI=1S/C13H28N2O/c1-12-5-9-15(10-6-12)8-4-3-7-13(2,14)11-16/h12,16H,3-11,14H2,1-2H3. The fourth-order valence-corrected chi connectivity index (χ4v) is 2.23. The summed E-state index contributed by atoms with van der Waals surface area (Å²) in [5.74, 6) is 0.915. The topological polar surface area (TPSA) is 49.5 Å². The van der Waals surface area contributed by atoms with Gasteiger partial charge in [0.1, 0.15) is 0 Å². The van der Waals surface area contributed by atoms with E-state index in [9.17, 15) is 0 Å². The van der Waals surface area contributed by atoms with Crippen LogP contribution in [-0.4, -0.2) is 41.8 Å². The molecular weight excluding hydrogens is 200 g/mol. The van der Waals surface area contributed by atoms with Crippen molar-refractivity contribution in [3.8, 4) is 0 Å². The SMILES string of the molecule is CC1CCN(CCCCC(C)(N)CO)CC1. The Bertz CT molecular complexity index is 186. The molecule has 0 aromatic carbocycles. The number of hydrogen-bond acceptors (Lipinski definition) is 3. The van der Waals surface area contributed by atoms with Crippen LogP contribution in [0.5, 0.6) is 0 Å². The Morgan fingerprint density at radius 1 is 1.31 bits per heavy atom. The van der Waals surface area contributed by atoms with E-state index in [4.69, 9.17) is 10.8 Å². The van der Waals surface area contributed by atoms with Gasteiger partial charge in [0, 0.05) is 5.54 Å². The number of likely N-dealkylation sites (tertiary alicyclic amines) is 1. The van der Waals surface area contributed by atoms with Gasteiger partial charge in [-0.1, -0.05) is 13.3 Å². The van der Waals surface area contributed by atoms with Gasteiger partial charge in [-0.3, -0.25) is 0 Å². The number of aliphatic hydroxyl groups is 1. The molecular formula is C13H28N2O. The number of nitrogens with zero attached hydrogens (tertiary/aromatic N) is 1. The van der Waals surface area contributed by atoms with Crippen molar-refractivity contribution in [1.29, 1.82) is 0 Å². The molecule has 1 aliphatic rings. The van der Waals surface area contributed by atoms with Gasteiger partial charge in [0.2, 0.25) is 0 Å². The molecule has 0 aromatic rings. The second kappa shape index (κ2) is 6.58. The maximum absolute atomic E-state index is 9.04. The fraction of sp³-hybridized carbons (Fsp3) is 1.00. The monoisotopic (exact) mass is 228 g/mol. The van der Waals surface area contributed by atoms with Crippen LogP contribution in [-0.2, 0) is 0 Å². The quantitative estimate of drug-likeness (QED) is 0.679. The molecule has 3 heteroatoms. The molecule has 1 atom stereocenters. The van der Waals surface area contributed by atoms with Crippen molar-refractivity contribution in [1.82, 2.24) is 4.90 Å². The van der Waals surface area contributed by atoms with Crippen molar-refractivity contribution in [2.45, 2.75) is 51.5 Å². The molecule has 0 aromatic heterocycles. The summed E-state index contributed by atoms with van der Waals surface area (Å²) in [5, 5.41) is 9.04. The molecule has 3 N–H and O–H groups in total. The first-order chi connectivity index (χ1) is 7.53. The van der Waals surface area contributed by atoms with Crippen molar-refractivity contribution >= 4 is 0 Å². The molecule has 16 heavy (non-hydrogen) atoms. The minimum absolute atomic E-state index is 0.0915. The molecule has 1 unspecified atom stereocenters. The largest absolute Gasteiger partial charge is 0.394 e. The zero-order valence-corrected chi connectivity index (χ0v) is 10.9. The normalized spacial score (nSPS) is 23.2. The first-order valence-electron chi connectivity index (χ1n) is 6.65. The van der Waals surface area contributed by atoms with Crippen molar-refractivity contribution in [3.63, 3.8) is 0 Å². The molecule has 0 amide bonds. The van der Waals surface area contributed by atoms with Crippen LogP contribution in [0.25, 0.3) is 0 Å². The third-order valence-corrected chi connectivity index (χ3v) is 3.71. The van der Waals surface area contributed by atoms with Gasteiger partial charge in [-0.15, -0.1) is 0 Å². The summed E-state index contributed by atoms with van der Waals surface area (Å²) in [6.07, 6.45) is 5.96. The predicted molar refractivity (Wildman–Crippen MR) is 68.4 cm³/mol. The molecule has 1 fully saturated rings. The van der Waals surface area contributed by atoms with E-state index in [-0.39, 0.29) is 12.1 Å². The van der Waals surface area contributed by atoms with Crippen LogP contribution in [0.1, 0.15) is 46.0 Å². The van der Waals surface area contributed by atoms with E-state index in [1.54, 1.807) is 0 Å². The van der Waals surface area contributed by atoms with Crippen LogP contribution in [0, 0.1) is 5.92 Å². The Hall–Kier alpha value is -0.120. The Morgan fingerprint density at radius 3 is 2.50 bits per heavy atom. The first-order valence-corrected chi connectivity index (χ1v) is 6.65. The van der Waals surface area contributed by atoms with Gasteiger partial charge in [0.15, 0.2) is 0 Å². The zero-order chi connectivity index (χ0) is 12.0. The Morgan fingerprint density at radius 2 is 1.94 bits per heavy atom. The first kappa shape index (κ1) is 13.9. The molecule has 3 nitrogen and oxygen atoms in total. The molecule has 1 saturated heterocycles. The number of piperidine rings is 1. The average molecular weight is 228 g/mol. The summed E-state index contributed by atoms with van der Waals surface area (Å²) < 4.78 is 0. The van der Waals surface area contributed by atoms with E-state index in [0.717, 1.165) is 18.8 Å². The van der Waals surface area contributed by atoms with Crippen LogP contribution in [0.15, 0.2) is 0 Å². The van der Waals surface area contributed by atoms with Crippen LogP contribution in [0.3, 0.4) is 0 Å². The highest BCUT2D eigenvalue weighted by molar-refractivity contribution is 4.77. The lowest BCUT2D eigenvalue weighted by molar-refractivity contribution is 0.177. The minimum atomic E-state index is -0.379. The lowest BCUT2D eigenvalue weighted by atomic mass is 9.96. The van der Waals surface area contributed by atoms with E-state index in [2.05, 4.69) is 11.8 Å². The number of hydrogen-bond donors (Lipinski definition) is 2. The lowest BCUT2D eigenvalue weighted by Crippen LogP contribution is -2.40. The number of rotatable bonds is 6. The summed E-state index contributed by atoms with van der Waals surface area (Å²) in [4.78, 5) is 2.56. The van der Waals surface area contributed by atoms with Crippen molar-refractivity contribution in [2.75, 3.05) is 26.2 Å². The number of nitrogens with two attached hydrogens (primary N) is 1. The maximum Gasteiger partial charge on any atom is 0.0608 e. The molecule has 1 rings (SSSR count). The van der Waals surface area contributed by atoms with E-state index in [0.29, 0.717) is 0 Å². The van der Waals surface area contributed by atoms with E-state index in [1.165, 1.54) is 38.9 Å². The maximum atomic E-state index is 9.04. The highest BCUT2D eigenvalue weighted by Gasteiger charge is 2.17. The molecule has 1 aliphatic heterocycles. The van der Waals surface area contributed by atoms with E-state index < -0.39 is 0 Å². The van der Waals surface area contributed by atoms with Gasteiger partial charge >= 0.3 is 0 Å². The molecule has 1 heterocycles. The zero-order valence-electron chi connectivity index (χ0n) is 10.9. The lowest BCUT2D eigenvalue weighted by Gasteiger charge is -2.30. The average Bonchev–Trinajstić information content (AvgIpc) is 2.27. The van der Waals surface area contributed by atoms with Crippen molar-refractivity contribution in [3.05, 3.63) is 0 Å². The van der Waals surface area contributed by atoms with Crippen LogP contribution in [0.2, 0.25) is 0 Å². The van der Waals surface area contributed by atoms with Gasteiger partial charge in [-0.05, 0) is 58.2 Å². The fourth-order valence-electron chi connectivity index (χ4n) is 2.23. The number of aliphatic hydroxyl groups excluding tert-OH is 1. The van der Waals surface area contributed by atoms with Gasteiger partial charge in [0.25, 0.3) is 0 Å². The molecule has 0 spiro atoms. The summed E-state index contributed by atoms with van der Waals surface area (Å²) in [5.41, 5.74) is 5.51. The molecule has 0 bridgehead atoms. The predicted octanol–water partition coefficient (Wildman–Crippen LogP) is 1.60. The van der Waals surface area contributed by atoms with Gasteiger partial charge < -0.3 is 15.7 Å². The summed E-state index contributed by atoms with van der Waals surface area (Å²) in [6.45, 7) is 8.10. The third kappa shape index (κ3) is 5.28. The Labute approximate surface area is 100 Å². The summed E-state index contributed by atoms with van der Waals surface area (Å²) in [6, 6.07) is 0. The van der Waals surface area contributed by atoms with Gasteiger partial charge in [-0.2, -0.15) is 0 Å². The van der Waals surface area contributed by atoms with Gasteiger partial charge in [-0.25, -0.2) is 0 Å². The summed E-state index contributed by atoms with van der Waals surface area (Å²) >= 11 is 0. The van der Waals surface area contributed by atoms with Crippen LogP contribution in [0.4, 0.5) is 0 Å². The van der Waals surface area contributed by atoms with E-state index in [1.807, 2.05) is 6.92 Å². The summed E-state index contributed by atoms with van der Waals surface area (Å²) in [7, 11) is 0. The number of unbranched alkanes of at least 4 members (excludes halogenated alkanes) is 1. The Kier molecular flexibility index (Phi) is 5.73. The molecule has 96 valence electrons. The second-order valence-corrected chi connectivity index (χ2v) is 5.79.